The monoisotopic (exact) mass is 365 g/mol. The number of thiophene rings is 1. The number of fused-ring (bicyclic) bond motifs is 3. The molecular weight excluding hydrogens is 342 g/mol. The summed E-state index contributed by atoms with van der Waals surface area (Å²) in [5.74, 6) is 0.954. The van der Waals surface area contributed by atoms with Crippen LogP contribution in [0, 0.1) is 0 Å². The SMILES string of the molecule is CSc1nc(NC[C@H]2CCCO2)c2c3c(sc2n1)COC(C)(C)C3. The predicted molar refractivity (Wildman–Crippen MR) is 99.2 cm³/mol. The van der Waals surface area contributed by atoms with Crippen LogP contribution in [-0.2, 0) is 22.5 Å². The molecule has 2 aromatic heterocycles. The molecule has 0 aliphatic carbocycles. The third-order valence-electron chi connectivity index (χ3n) is 4.61. The van der Waals surface area contributed by atoms with Crippen LogP contribution < -0.4 is 5.32 Å². The van der Waals surface area contributed by atoms with Crippen molar-refractivity contribution in [2.24, 2.45) is 0 Å². The molecule has 2 aromatic rings. The van der Waals surface area contributed by atoms with E-state index in [0.717, 1.165) is 48.2 Å². The van der Waals surface area contributed by atoms with Gasteiger partial charge in [0, 0.05) is 24.4 Å². The Morgan fingerprint density at radius 1 is 1.38 bits per heavy atom. The fourth-order valence-electron chi connectivity index (χ4n) is 3.36. The van der Waals surface area contributed by atoms with Crippen LogP contribution in [0.4, 0.5) is 5.82 Å². The topological polar surface area (TPSA) is 56.3 Å². The first-order valence-electron chi connectivity index (χ1n) is 8.41. The Labute approximate surface area is 150 Å². The van der Waals surface area contributed by atoms with E-state index >= 15 is 0 Å². The van der Waals surface area contributed by atoms with Crippen LogP contribution in [0.3, 0.4) is 0 Å². The zero-order valence-corrected chi connectivity index (χ0v) is 16.0. The van der Waals surface area contributed by atoms with Crippen molar-refractivity contribution in [1.82, 2.24) is 9.97 Å². The average molecular weight is 366 g/mol. The second-order valence-corrected chi connectivity index (χ2v) is 8.84. The molecule has 1 atom stereocenters. The molecule has 1 fully saturated rings. The molecule has 0 radical (unpaired) electrons. The zero-order valence-electron chi connectivity index (χ0n) is 14.3. The molecule has 4 rings (SSSR count). The van der Waals surface area contributed by atoms with Gasteiger partial charge in [-0.05, 0) is 38.5 Å². The molecule has 2 aliphatic heterocycles. The molecule has 4 heterocycles. The van der Waals surface area contributed by atoms with Gasteiger partial charge >= 0.3 is 0 Å². The third kappa shape index (κ3) is 3.14. The summed E-state index contributed by atoms with van der Waals surface area (Å²) in [7, 11) is 0. The van der Waals surface area contributed by atoms with Gasteiger partial charge in [-0.15, -0.1) is 11.3 Å². The van der Waals surface area contributed by atoms with E-state index in [0.29, 0.717) is 12.7 Å². The second-order valence-electron chi connectivity index (χ2n) is 6.98. The lowest BCUT2D eigenvalue weighted by molar-refractivity contribution is -0.0379. The highest BCUT2D eigenvalue weighted by Crippen LogP contribution is 2.41. The van der Waals surface area contributed by atoms with Crippen molar-refractivity contribution in [3.05, 3.63) is 10.4 Å². The molecule has 2 aliphatic rings. The Kier molecular flexibility index (Phi) is 4.45. The molecule has 0 unspecified atom stereocenters. The standard InChI is InChI=1S/C17H23N3O2S2/c1-17(2)7-11-12(9-22-17)24-15-13(11)14(19-16(20-15)23-3)18-8-10-5-4-6-21-10/h10H,4-9H2,1-3H3,(H,18,19,20)/t10-/m1/s1. The predicted octanol–water partition coefficient (Wildman–Crippen LogP) is 3.86. The maximum atomic E-state index is 5.98. The quantitative estimate of drug-likeness (QED) is 0.656. The fourth-order valence-corrected chi connectivity index (χ4v) is 4.89. The maximum Gasteiger partial charge on any atom is 0.190 e. The molecule has 0 amide bonds. The number of thioether (sulfide) groups is 1. The zero-order chi connectivity index (χ0) is 16.7. The Balaban J connectivity index is 1.73. The largest absolute Gasteiger partial charge is 0.376 e. The number of anilines is 1. The summed E-state index contributed by atoms with van der Waals surface area (Å²) in [5, 5.41) is 5.54. The first kappa shape index (κ1) is 16.6. The number of hydrogen-bond donors (Lipinski definition) is 1. The lowest BCUT2D eigenvalue weighted by Crippen LogP contribution is -2.31. The number of nitrogens with one attached hydrogen (secondary N) is 1. The minimum atomic E-state index is -0.134. The Hall–Kier alpha value is -0.890. The van der Waals surface area contributed by atoms with E-state index < -0.39 is 0 Å². The van der Waals surface area contributed by atoms with Gasteiger partial charge in [-0.2, -0.15) is 0 Å². The molecule has 1 saturated heterocycles. The van der Waals surface area contributed by atoms with Crippen molar-refractivity contribution in [2.45, 2.75) is 56.6 Å². The molecule has 7 heteroatoms. The minimum Gasteiger partial charge on any atom is -0.376 e. The van der Waals surface area contributed by atoms with Crippen molar-refractivity contribution < 1.29 is 9.47 Å². The summed E-state index contributed by atoms with van der Waals surface area (Å²) in [5.41, 5.74) is 1.22. The van der Waals surface area contributed by atoms with E-state index in [-0.39, 0.29) is 5.60 Å². The molecule has 130 valence electrons. The summed E-state index contributed by atoms with van der Waals surface area (Å²) in [4.78, 5) is 11.8. The maximum absolute atomic E-state index is 5.98. The smallest absolute Gasteiger partial charge is 0.190 e. The summed E-state index contributed by atoms with van der Waals surface area (Å²) in [6.07, 6.45) is 5.49. The van der Waals surface area contributed by atoms with Crippen LogP contribution in [0.15, 0.2) is 5.16 Å². The van der Waals surface area contributed by atoms with Gasteiger partial charge in [0.1, 0.15) is 10.6 Å². The Morgan fingerprint density at radius 2 is 2.25 bits per heavy atom. The van der Waals surface area contributed by atoms with Crippen LogP contribution in [0.25, 0.3) is 10.2 Å². The van der Waals surface area contributed by atoms with Gasteiger partial charge in [-0.3, -0.25) is 0 Å². The molecule has 0 saturated carbocycles. The first-order valence-corrected chi connectivity index (χ1v) is 10.5. The molecule has 0 aromatic carbocycles. The number of ether oxygens (including phenoxy) is 2. The first-order chi connectivity index (χ1) is 11.6. The van der Waals surface area contributed by atoms with Crippen molar-refractivity contribution in [3.63, 3.8) is 0 Å². The highest BCUT2D eigenvalue weighted by molar-refractivity contribution is 7.98. The minimum absolute atomic E-state index is 0.134. The molecule has 5 nitrogen and oxygen atoms in total. The summed E-state index contributed by atoms with van der Waals surface area (Å²) in [6.45, 7) is 6.65. The molecular formula is C17H23N3O2S2. The van der Waals surface area contributed by atoms with E-state index in [2.05, 4.69) is 19.2 Å². The van der Waals surface area contributed by atoms with E-state index in [4.69, 9.17) is 19.4 Å². The van der Waals surface area contributed by atoms with Gasteiger partial charge in [0.25, 0.3) is 0 Å². The normalized spacial score (nSPS) is 22.7. The molecule has 24 heavy (non-hydrogen) atoms. The highest BCUT2D eigenvalue weighted by atomic mass is 32.2. The molecule has 0 bridgehead atoms. The van der Waals surface area contributed by atoms with Crippen LogP contribution in [0.1, 0.15) is 37.1 Å². The van der Waals surface area contributed by atoms with Gasteiger partial charge < -0.3 is 14.8 Å². The fraction of sp³-hybridized carbons (Fsp3) is 0.647. The number of aromatic nitrogens is 2. The van der Waals surface area contributed by atoms with Gasteiger partial charge in [-0.25, -0.2) is 9.97 Å². The molecule has 1 N–H and O–H groups in total. The van der Waals surface area contributed by atoms with Crippen molar-refractivity contribution in [1.29, 1.82) is 0 Å². The number of nitrogens with zero attached hydrogens (tertiary/aromatic N) is 2. The second kappa shape index (κ2) is 6.44. The Morgan fingerprint density at radius 3 is 3.00 bits per heavy atom. The van der Waals surface area contributed by atoms with E-state index in [1.807, 2.05) is 6.26 Å². The average Bonchev–Trinajstić information content (AvgIpc) is 3.18. The Bertz CT molecular complexity index is 754. The van der Waals surface area contributed by atoms with Crippen LogP contribution in [-0.4, -0.2) is 41.1 Å². The van der Waals surface area contributed by atoms with Gasteiger partial charge in [0.15, 0.2) is 5.16 Å². The number of rotatable bonds is 4. The van der Waals surface area contributed by atoms with Crippen LogP contribution >= 0.6 is 23.1 Å². The van der Waals surface area contributed by atoms with Crippen molar-refractivity contribution >= 4 is 39.1 Å². The van der Waals surface area contributed by atoms with E-state index in [1.54, 1.807) is 23.1 Å². The lowest BCUT2D eigenvalue weighted by Gasteiger charge is -2.30. The van der Waals surface area contributed by atoms with Gasteiger partial charge in [-0.1, -0.05) is 11.8 Å². The van der Waals surface area contributed by atoms with E-state index in [1.165, 1.54) is 15.8 Å². The highest BCUT2D eigenvalue weighted by Gasteiger charge is 2.31. The number of hydrogen-bond acceptors (Lipinski definition) is 7. The van der Waals surface area contributed by atoms with Crippen molar-refractivity contribution in [2.75, 3.05) is 24.7 Å². The summed E-state index contributed by atoms with van der Waals surface area (Å²) in [6, 6.07) is 0. The van der Waals surface area contributed by atoms with Gasteiger partial charge in [0.05, 0.1) is 23.7 Å². The van der Waals surface area contributed by atoms with Gasteiger partial charge in [0.2, 0.25) is 0 Å². The third-order valence-corrected chi connectivity index (χ3v) is 6.26. The van der Waals surface area contributed by atoms with Crippen LogP contribution in [0.5, 0.6) is 0 Å². The van der Waals surface area contributed by atoms with Crippen LogP contribution in [0.2, 0.25) is 0 Å². The molecule has 0 spiro atoms. The van der Waals surface area contributed by atoms with E-state index in [9.17, 15) is 0 Å². The van der Waals surface area contributed by atoms with Crippen molar-refractivity contribution in [3.8, 4) is 0 Å². The summed E-state index contributed by atoms with van der Waals surface area (Å²) >= 11 is 3.33. The lowest BCUT2D eigenvalue weighted by atomic mass is 9.94. The summed E-state index contributed by atoms with van der Waals surface area (Å²) < 4.78 is 11.7.